The normalized spacial score (nSPS) is 10.4. The second-order valence-corrected chi connectivity index (χ2v) is 3.86. The monoisotopic (exact) mass is 203 g/mol. The highest BCUT2D eigenvalue weighted by Crippen LogP contribution is 2.28. The van der Waals surface area contributed by atoms with Crippen LogP contribution in [0, 0.1) is 6.20 Å². The minimum atomic E-state index is 1.04. The predicted molar refractivity (Wildman–Crippen MR) is 59.3 cm³/mol. The van der Waals surface area contributed by atoms with Gasteiger partial charge in [0, 0.05) is 0 Å². The van der Waals surface area contributed by atoms with E-state index in [1.807, 2.05) is 23.7 Å². The van der Waals surface area contributed by atoms with Gasteiger partial charge in [-0.1, -0.05) is 35.7 Å². The molecule has 1 aromatic carbocycles. The Morgan fingerprint density at radius 3 is 2.79 bits per heavy atom. The molecule has 0 aliphatic carbocycles. The second-order valence-electron chi connectivity index (χ2n) is 3.02. The van der Waals surface area contributed by atoms with E-state index in [0.29, 0.717) is 0 Å². The number of hydrogen-bond donors (Lipinski definition) is 0. The molecule has 72 valence electrons. The van der Waals surface area contributed by atoms with Gasteiger partial charge in [-0.2, -0.15) is 0 Å². The zero-order valence-electron chi connectivity index (χ0n) is 8.19. The van der Waals surface area contributed by atoms with Crippen molar-refractivity contribution in [1.29, 1.82) is 0 Å². The molecule has 0 atom stereocenters. The van der Waals surface area contributed by atoms with Crippen LogP contribution in [-0.2, 0) is 7.05 Å². The summed E-state index contributed by atoms with van der Waals surface area (Å²) in [6.45, 7) is 0. The van der Waals surface area contributed by atoms with E-state index >= 15 is 0 Å². The van der Waals surface area contributed by atoms with Crippen molar-refractivity contribution in [1.82, 2.24) is 9.55 Å². The van der Waals surface area contributed by atoms with Crippen molar-refractivity contribution in [2.75, 3.05) is 6.26 Å². The van der Waals surface area contributed by atoms with Crippen LogP contribution in [0.3, 0.4) is 0 Å². The molecule has 0 radical (unpaired) electrons. The van der Waals surface area contributed by atoms with Crippen molar-refractivity contribution in [2.45, 2.75) is 4.90 Å². The van der Waals surface area contributed by atoms with E-state index in [1.165, 1.54) is 10.5 Å². The number of thioether (sulfide) groups is 1. The van der Waals surface area contributed by atoms with Crippen LogP contribution in [0.4, 0.5) is 0 Å². The third kappa shape index (κ3) is 1.55. The highest BCUT2D eigenvalue weighted by atomic mass is 32.2. The molecule has 1 heterocycles. The van der Waals surface area contributed by atoms with Crippen LogP contribution in [0.5, 0.6) is 0 Å². The van der Waals surface area contributed by atoms with Crippen molar-refractivity contribution in [3.63, 3.8) is 0 Å². The molecule has 3 heteroatoms. The minimum Gasteiger partial charge on any atom is -0.407 e. The summed E-state index contributed by atoms with van der Waals surface area (Å²) in [5, 5.41) is 0. The molecule has 0 aliphatic heterocycles. The SMILES string of the molecule is CSc1ccccc1-c1[c-]ncn1C. The molecule has 1 aromatic heterocycles. The Morgan fingerprint density at radius 2 is 2.14 bits per heavy atom. The third-order valence-corrected chi connectivity index (χ3v) is 2.91. The van der Waals surface area contributed by atoms with Gasteiger partial charge in [-0.3, -0.25) is 0 Å². The molecule has 2 aromatic rings. The molecule has 14 heavy (non-hydrogen) atoms. The molecule has 2 nitrogen and oxygen atoms in total. The first-order valence-electron chi connectivity index (χ1n) is 4.35. The van der Waals surface area contributed by atoms with Crippen LogP contribution in [0.2, 0.25) is 0 Å². The van der Waals surface area contributed by atoms with E-state index in [0.717, 1.165) is 5.69 Å². The molecule has 0 bridgehead atoms. The van der Waals surface area contributed by atoms with E-state index in [2.05, 4.69) is 29.6 Å². The molecule has 0 amide bonds. The van der Waals surface area contributed by atoms with Crippen LogP contribution in [-0.4, -0.2) is 15.8 Å². The fraction of sp³-hybridized carbons (Fsp3) is 0.182. The zero-order valence-corrected chi connectivity index (χ0v) is 9.01. The molecular formula is C11H11N2S-. The zero-order chi connectivity index (χ0) is 9.97. The number of aromatic nitrogens is 2. The van der Waals surface area contributed by atoms with E-state index in [4.69, 9.17) is 0 Å². The molecule has 0 saturated heterocycles. The fourth-order valence-corrected chi connectivity index (χ4v) is 2.00. The topological polar surface area (TPSA) is 17.8 Å². The molecule has 0 fully saturated rings. The van der Waals surface area contributed by atoms with Gasteiger partial charge in [-0.15, -0.1) is 17.8 Å². The Morgan fingerprint density at radius 1 is 1.36 bits per heavy atom. The number of hydrogen-bond acceptors (Lipinski definition) is 2. The Labute approximate surface area is 88.0 Å². The van der Waals surface area contributed by atoms with Gasteiger partial charge in [0.1, 0.15) is 0 Å². The van der Waals surface area contributed by atoms with Crippen LogP contribution in [0.1, 0.15) is 0 Å². The van der Waals surface area contributed by atoms with Gasteiger partial charge in [0.05, 0.1) is 0 Å². The summed E-state index contributed by atoms with van der Waals surface area (Å²) in [6, 6.07) is 8.29. The van der Waals surface area contributed by atoms with Crippen LogP contribution in [0.25, 0.3) is 11.3 Å². The number of imidazole rings is 1. The van der Waals surface area contributed by atoms with Gasteiger partial charge in [0.2, 0.25) is 0 Å². The van der Waals surface area contributed by atoms with Crippen molar-refractivity contribution in [2.24, 2.45) is 7.05 Å². The van der Waals surface area contributed by atoms with Crippen molar-refractivity contribution in [3.8, 4) is 11.3 Å². The first-order chi connectivity index (χ1) is 6.83. The lowest BCUT2D eigenvalue weighted by Crippen LogP contribution is -1.90. The minimum absolute atomic E-state index is 1.04. The number of nitrogens with zero attached hydrogens (tertiary/aromatic N) is 2. The summed E-state index contributed by atoms with van der Waals surface area (Å²) >= 11 is 1.74. The fourth-order valence-electron chi connectivity index (χ4n) is 1.40. The molecule has 0 aliphatic rings. The van der Waals surface area contributed by atoms with E-state index in [9.17, 15) is 0 Å². The first-order valence-corrected chi connectivity index (χ1v) is 5.58. The highest BCUT2D eigenvalue weighted by Gasteiger charge is 1.98. The summed E-state index contributed by atoms with van der Waals surface area (Å²) in [6.07, 6.45) is 6.84. The second kappa shape index (κ2) is 3.88. The molecule has 0 spiro atoms. The Kier molecular flexibility index (Phi) is 2.59. The quantitative estimate of drug-likeness (QED) is 0.551. The number of benzene rings is 1. The molecule has 0 unspecified atom stereocenters. The largest absolute Gasteiger partial charge is 0.407 e. The Hall–Kier alpha value is -1.22. The molecular weight excluding hydrogens is 192 g/mol. The van der Waals surface area contributed by atoms with Gasteiger partial charge in [-0.25, -0.2) is 0 Å². The lowest BCUT2D eigenvalue weighted by atomic mass is 10.2. The standard InChI is InChI=1S/C11H11N2S/c1-13-8-12-7-10(13)9-5-3-4-6-11(9)14-2/h3-6,8H,1-2H3/q-1. The molecule has 0 saturated carbocycles. The van der Waals surface area contributed by atoms with Crippen molar-refractivity contribution < 1.29 is 0 Å². The summed E-state index contributed by atoms with van der Waals surface area (Å²) < 4.78 is 1.98. The summed E-state index contributed by atoms with van der Waals surface area (Å²) in [5.74, 6) is 0. The van der Waals surface area contributed by atoms with Crippen LogP contribution < -0.4 is 0 Å². The smallest absolute Gasteiger partial charge is 0.00197 e. The highest BCUT2D eigenvalue weighted by molar-refractivity contribution is 7.98. The number of rotatable bonds is 2. The summed E-state index contributed by atoms with van der Waals surface area (Å²) in [5.41, 5.74) is 2.23. The van der Waals surface area contributed by atoms with Crippen LogP contribution in [0.15, 0.2) is 35.5 Å². The Bertz CT molecular complexity index is 434. The summed E-state index contributed by atoms with van der Waals surface area (Å²) in [7, 11) is 1.98. The molecule has 2 rings (SSSR count). The first kappa shape index (κ1) is 9.34. The van der Waals surface area contributed by atoms with Crippen LogP contribution >= 0.6 is 11.8 Å². The lowest BCUT2D eigenvalue weighted by Gasteiger charge is -2.14. The van der Waals surface area contributed by atoms with Gasteiger partial charge < -0.3 is 9.55 Å². The van der Waals surface area contributed by atoms with Gasteiger partial charge in [0.15, 0.2) is 0 Å². The summed E-state index contributed by atoms with van der Waals surface area (Å²) in [4.78, 5) is 5.26. The van der Waals surface area contributed by atoms with Gasteiger partial charge in [-0.05, 0) is 24.5 Å². The van der Waals surface area contributed by atoms with Crippen molar-refractivity contribution in [3.05, 3.63) is 36.8 Å². The number of aryl methyl sites for hydroxylation is 1. The van der Waals surface area contributed by atoms with Gasteiger partial charge in [0.25, 0.3) is 0 Å². The third-order valence-electron chi connectivity index (χ3n) is 2.12. The maximum atomic E-state index is 4.00. The van der Waals surface area contributed by atoms with E-state index in [-0.39, 0.29) is 0 Å². The maximum absolute atomic E-state index is 4.00. The average molecular weight is 203 g/mol. The average Bonchev–Trinajstić information content (AvgIpc) is 2.64. The van der Waals surface area contributed by atoms with E-state index < -0.39 is 0 Å². The maximum Gasteiger partial charge on any atom is -0.00197 e. The lowest BCUT2D eigenvalue weighted by molar-refractivity contribution is 0.919. The molecule has 0 N–H and O–H groups in total. The van der Waals surface area contributed by atoms with Gasteiger partial charge >= 0.3 is 0 Å². The van der Waals surface area contributed by atoms with E-state index in [1.54, 1.807) is 18.1 Å². The van der Waals surface area contributed by atoms with Crippen molar-refractivity contribution >= 4 is 11.8 Å². The predicted octanol–water partition coefficient (Wildman–Crippen LogP) is 2.61. The Balaban J connectivity index is 2.56.